The van der Waals surface area contributed by atoms with E-state index < -0.39 is 0 Å². The van der Waals surface area contributed by atoms with Crippen LogP contribution in [-0.4, -0.2) is 9.67 Å². The van der Waals surface area contributed by atoms with Gasteiger partial charge in [-0.2, -0.15) is 5.26 Å². The molecule has 3 heteroatoms. The average Bonchev–Trinajstić information content (AvgIpc) is 2.82. The number of hydrogen-bond donors (Lipinski definition) is 1. The molecule has 0 fully saturated rings. The minimum absolute atomic E-state index is 0.0606. The van der Waals surface area contributed by atoms with Crippen molar-refractivity contribution in [1.29, 1.82) is 5.26 Å². The van der Waals surface area contributed by atoms with Gasteiger partial charge < -0.3 is 9.67 Å². The van der Waals surface area contributed by atoms with Crippen LogP contribution < -0.4 is 0 Å². The summed E-state index contributed by atoms with van der Waals surface area (Å²) < 4.78 is 2.17. The highest BCUT2D eigenvalue weighted by atomic mass is 16.3. The van der Waals surface area contributed by atoms with E-state index in [1.807, 2.05) is 26.0 Å². The van der Waals surface area contributed by atoms with Crippen LogP contribution in [0.15, 0.2) is 30.5 Å². The molecule has 0 saturated heterocycles. The Balaban J connectivity index is 2.16. The number of rotatable bonds is 5. The van der Waals surface area contributed by atoms with E-state index in [-0.39, 0.29) is 12.0 Å². The Morgan fingerprint density at radius 2 is 2.11 bits per heavy atom. The summed E-state index contributed by atoms with van der Waals surface area (Å²) >= 11 is 0. The molecule has 1 aromatic heterocycles. The molecule has 0 atom stereocenters. The second-order valence-corrected chi connectivity index (χ2v) is 5.62. The second-order valence-electron chi connectivity index (χ2n) is 5.62. The molecule has 100 valence electrons. The van der Waals surface area contributed by atoms with Crippen molar-refractivity contribution in [2.24, 2.45) is 5.41 Å². The standard InChI is InChI=1S/C16H20N2O/c1-16(2,12-17)8-4-9-18-10-7-13-5-3-6-14(11-19)15(13)18/h3,5-7,10,19H,4,8-9,11H2,1-2H3. The summed E-state index contributed by atoms with van der Waals surface area (Å²) in [4.78, 5) is 0. The molecule has 0 aliphatic rings. The number of aryl methyl sites for hydroxylation is 1. The molecule has 0 aliphatic heterocycles. The first kappa shape index (κ1) is 13.6. The van der Waals surface area contributed by atoms with Crippen LogP contribution in [0.2, 0.25) is 0 Å². The normalized spacial score (nSPS) is 11.7. The van der Waals surface area contributed by atoms with Gasteiger partial charge in [-0.15, -0.1) is 0 Å². The Bertz CT molecular complexity index is 605. The third kappa shape index (κ3) is 2.97. The zero-order valence-corrected chi connectivity index (χ0v) is 11.6. The Kier molecular flexibility index (Phi) is 3.92. The second kappa shape index (κ2) is 5.46. The van der Waals surface area contributed by atoms with Gasteiger partial charge in [0.1, 0.15) is 0 Å². The number of benzene rings is 1. The van der Waals surface area contributed by atoms with Crippen molar-refractivity contribution >= 4 is 10.9 Å². The quantitative estimate of drug-likeness (QED) is 0.890. The number of aromatic nitrogens is 1. The lowest BCUT2D eigenvalue weighted by molar-refractivity contribution is 0.282. The van der Waals surface area contributed by atoms with Crippen molar-refractivity contribution in [3.63, 3.8) is 0 Å². The Labute approximate surface area is 114 Å². The average molecular weight is 256 g/mol. The van der Waals surface area contributed by atoms with Crippen molar-refractivity contribution in [1.82, 2.24) is 4.57 Å². The molecule has 2 aromatic rings. The number of nitrogens with zero attached hydrogens (tertiary/aromatic N) is 2. The predicted octanol–water partition coefficient (Wildman–Crippen LogP) is 3.46. The van der Waals surface area contributed by atoms with E-state index in [0.717, 1.165) is 35.9 Å². The minimum atomic E-state index is -0.261. The van der Waals surface area contributed by atoms with E-state index in [0.29, 0.717) is 0 Å². The highest BCUT2D eigenvalue weighted by Gasteiger charge is 2.16. The molecule has 3 nitrogen and oxygen atoms in total. The van der Waals surface area contributed by atoms with Gasteiger partial charge in [0, 0.05) is 18.3 Å². The van der Waals surface area contributed by atoms with E-state index in [4.69, 9.17) is 5.26 Å². The van der Waals surface area contributed by atoms with Crippen molar-refractivity contribution < 1.29 is 5.11 Å². The molecular formula is C16H20N2O. The highest BCUT2D eigenvalue weighted by molar-refractivity contribution is 5.83. The zero-order valence-electron chi connectivity index (χ0n) is 11.6. The third-order valence-electron chi connectivity index (χ3n) is 3.55. The number of hydrogen-bond acceptors (Lipinski definition) is 2. The molecule has 0 bridgehead atoms. The number of aliphatic hydroxyl groups is 1. The summed E-state index contributed by atoms with van der Waals surface area (Å²) in [6, 6.07) is 10.4. The fourth-order valence-corrected chi connectivity index (χ4v) is 2.40. The van der Waals surface area contributed by atoms with E-state index >= 15 is 0 Å². The molecule has 0 unspecified atom stereocenters. The van der Waals surface area contributed by atoms with Gasteiger partial charge in [-0.3, -0.25) is 0 Å². The molecule has 19 heavy (non-hydrogen) atoms. The Morgan fingerprint density at radius 3 is 2.79 bits per heavy atom. The first-order valence-corrected chi connectivity index (χ1v) is 6.66. The van der Waals surface area contributed by atoms with E-state index in [1.54, 1.807) is 0 Å². The molecule has 0 saturated carbocycles. The van der Waals surface area contributed by atoms with Crippen LogP contribution in [0.3, 0.4) is 0 Å². The lowest BCUT2D eigenvalue weighted by Crippen LogP contribution is -2.09. The molecule has 1 heterocycles. The summed E-state index contributed by atoms with van der Waals surface area (Å²) in [7, 11) is 0. The van der Waals surface area contributed by atoms with E-state index in [9.17, 15) is 5.11 Å². The van der Waals surface area contributed by atoms with Crippen molar-refractivity contribution in [3.8, 4) is 6.07 Å². The van der Waals surface area contributed by atoms with Gasteiger partial charge in [0.25, 0.3) is 0 Å². The number of nitriles is 1. The maximum absolute atomic E-state index is 9.41. The number of para-hydroxylation sites is 1. The van der Waals surface area contributed by atoms with Crippen LogP contribution in [0.1, 0.15) is 32.3 Å². The lowest BCUT2D eigenvalue weighted by atomic mass is 9.90. The summed E-state index contributed by atoms with van der Waals surface area (Å²) in [5.41, 5.74) is 1.81. The van der Waals surface area contributed by atoms with Gasteiger partial charge in [0.05, 0.1) is 23.6 Å². The van der Waals surface area contributed by atoms with Gasteiger partial charge >= 0.3 is 0 Å². The molecule has 1 N–H and O–H groups in total. The summed E-state index contributed by atoms with van der Waals surface area (Å²) in [5.74, 6) is 0. The first-order chi connectivity index (χ1) is 9.07. The molecule has 0 amide bonds. The van der Waals surface area contributed by atoms with Gasteiger partial charge in [0.15, 0.2) is 0 Å². The van der Waals surface area contributed by atoms with Crippen LogP contribution in [0.4, 0.5) is 0 Å². The maximum Gasteiger partial charge on any atom is 0.0702 e. The smallest absolute Gasteiger partial charge is 0.0702 e. The molecule has 0 spiro atoms. The molecule has 2 rings (SSSR count). The predicted molar refractivity (Wildman–Crippen MR) is 76.5 cm³/mol. The third-order valence-corrected chi connectivity index (χ3v) is 3.55. The van der Waals surface area contributed by atoms with Gasteiger partial charge in [-0.1, -0.05) is 18.2 Å². The van der Waals surface area contributed by atoms with Crippen LogP contribution in [-0.2, 0) is 13.2 Å². The maximum atomic E-state index is 9.41. The SMILES string of the molecule is CC(C)(C#N)CCCn1ccc2cccc(CO)c21. The van der Waals surface area contributed by atoms with Gasteiger partial charge in [-0.05, 0) is 38.1 Å². The largest absolute Gasteiger partial charge is 0.392 e. The fraction of sp³-hybridized carbons (Fsp3) is 0.438. The first-order valence-electron chi connectivity index (χ1n) is 6.66. The van der Waals surface area contributed by atoms with Crippen molar-refractivity contribution in [3.05, 3.63) is 36.0 Å². The summed E-state index contributed by atoms with van der Waals surface area (Å²) in [5, 5.41) is 19.6. The van der Waals surface area contributed by atoms with E-state index in [1.165, 1.54) is 0 Å². The van der Waals surface area contributed by atoms with Crippen LogP contribution >= 0.6 is 0 Å². The monoisotopic (exact) mass is 256 g/mol. The van der Waals surface area contributed by atoms with Gasteiger partial charge in [-0.25, -0.2) is 0 Å². The lowest BCUT2D eigenvalue weighted by Gasteiger charge is -2.15. The fourth-order valence-electron chi connectivity index (χ4n) is 2.40. The summed E-state index contributed by atoms with van der Waals surface area (Å²) in [6.45, 7) is 4.89. The molecule has 0 radical (unpaired) electrons. The Morgan fingerprint density at radius 1 is 1.32 bits per heavy atom. The van der Waals surface area contributed by atoms with Gasteiger partial charge in [0.2, 0.25) is 0 Å². The number of fused-ring (bicyclic) bond motifs is 1. The van der Waals surface area contributed by atoms with Crippen LogP contribution in [0.5, 0.6) is 0 Å². The molecule has 0 aliphatic carbocycles. The van der Waals surface area contributed by atoms with Crippen LogP contribution in [0, 0.1) is 16.7 Å². The number of aliphatic hydroxyl groups excluding tert-OH is 1. The zero-order chi connectivity index (χ0) is 13.9. The molecular weight excluding hydrogens is 236 g/mol. The minimum Gasteiger partial charge on any atom is -0.392 e. The molecule has 1 aromatic carbocycles. The summed E-state index contributed by atoms with van der Waals surface area (Å²) in [6.07, 6.45) is 3.90. The van der Waals surface area contributed by atoms with Crippen molar-refractivity contribution in [2.75, 3.05) is 0 Å². The topological polar surface area (TPSA) is 49.0 Å². The Hall–Kier alpha value is -1.79. The van der Waals surface area contributed by atoms with E-state index in [2.05, 4.69) is 29.0 Å². The van der Waals surface area contributed by atoms with Crippen molar-refractivity contribution in [2.45, 2.75) is 39.8 Å². The van der Waals surface area contributed by atoms with Crippen LogP contribution in [0.25, 0.3) is 10.9 Å². The highest BCUT2D eigenvalue weighted by Crippen LogP contribution is 2.24.